The summed E-state index contributed by atoms with van der Waals surface area (Å²) in [5, 5.41) is 8.18. The standard InChI is InChI=1S/C16H19N3O3S4/c1-3-23-15-17-18-16(25-15)24-10-14(20)12-6-7-13-11(9-12)5-4-8-19(13)26(2,21)22/h6-7,9H,3-5,8,10H2,1-2H3. The van der Waals surface area contributed by atoms with Gasteiger partial charge in [-0.2, -0.15) is 0 Å². The van der Waals surface area contributed by atoms with Gasteiger partial charge >= 0.3 is 0 Å². The van der Waals surface area contributed by atoms with Crippen LogP contribution in [0.25, 0.3) is 0 Å². The number of Topliss-reactive ketones (excluding diaryl/α,β-unsaturated/α-hetero) is 1. The number of anilines is 1. The third-order valence-corrected chi connectivity index (χ3v) is 8.11. The number of aromatic nitrogens is 2. The van der Waals surface area contributed by atoms with Gasteiger partial charge in [-0.15, -0.1) is 10.2 Å². The van der Waals surface area contributed by atoms with Crippen molar-refractivity contribution in [1.82, 2.24) is 10.2 Å². The smallest absolute Gasteiger partial charge is 0.232 e. The zero-order chi connectivity index (χ0) is 18.7. The molecule has 1 aliphatic heterocycles. The van der Waals surface area contributed by atoms with E-state index in [0.717, 1.165) is 32.8 Å². The minimum Gasteiger partial charge on any atom is -0.293 e. The lowest BCUT2D eigenvalue weighted by atomic mass is 9.99. The number of fused-ring (bicyclic) bond motifs is 1. The summed E-state index contributed by atoms with van der Waals surface area (Å²) >= 11 is 4.52. The summed E-state index contributed by atoms with van der Waals surface area (Å²) in [4.78, 5) is 12.5. The van der Waals surface area contributed by atoms with Crippen molar-refractivity contribution in [2.45, 2.75) is 28.4 Å². The number of sulfonamides is 1. The molecule has 3 rings (SSSR count). The first-order chi connectivity index (χ1) is 12.4. The van der Waals surface area contributed by atoms with E-state index in [1.165, 1.54) is 33.7 Å². The van der Waals surface area contributed by atoms with Crippen molar-refractivity contribution in [2.75, 3.05) is 28.6 Å². The summed E-state index contributed by atoms with van der Waals surface area (Å²) < 4.78 is 27.0. The number of ketones is 1. The highest BCUT2D eigenvalue weighted by atomic mass is 32.2. The number of thioether (sulfide) groups is 2. The predicted octanol–water partition coefficient (Wildman–Crippen LogP) is 3.34. The Kier molecular flexibility index (Phi) is 6.26. The second-order valence-corrected chi connectivity index (χ2v) is 11.4. The van der Waals surface area contributed by atoms with Gasteiger partial charge in [-0.3, -0.25) is 9.10 Å². The van der Waals surface area contributed by atoms with Crippen molar-refractivity contribution < 1.29 is 13.2 Å². The molecule has 140 valence electrons. The lowest BCUT2D eigenvalue weighted by molar-refractivity contribution is 0.102. The fourth-order valence-corrected chi connectivity index (χ4v) is 6.54. The van der Waals surface area contributed by atoms with Crippen LogP contribution >= 0.6 is 34.9 Å². The number of aryl methyl sites for hydroxylation is 1. The number of nitrogens with zero attached hydrogens (tertiary/aromatic N) is 3. The lowest BCUT2D eigenvalue weighted by Gasteiger charge is -2.29. The SMILES string of the molecule is CCSc1nnc(SCC(=O)c2ccc3c(c2)CCCN3S(C)(=O)=O)s1. The maximum absolute atomic E-state index is 12.5. The van der Waals surface area contributed by atoms with Crippen molar-refractivity contribution in [3.63, 3.8) is 0 Å². The van der Waals surface area contributed by atoms with E-state index in [2.05, 4.69) is 17.1 Å². The van der Waals surface area contributed by atoms with Gasteiger partial charge < -0.3 is 0 Å². The molecule has 0 spiro atoms. The Bertz CT molecular complexity index is 911. The molecule has 0 unspecified atom stereocenters. The quantitative estimate of drug-likeness (QED) is 0.493. The zero-order valence-electron chi connectivity index (χ0n) is 14.5. The van der Waals surface area contributed by atoms with Crippen LogP contribution in [0.4, 0.5) is 5.69 Å². The van der Waals surface area contributed by atoms with Crippen LogP contribution in [0.5, 0.6) is 0 Å². The first-order valence-electron chi connectivity index (χ1n) is 8.11. The fraction of sp³-hybridized carbons (Fsp3) is 0.438. The van der Waals surface area contributed by atoms with Crippen molar-refractivity contribution in [2.24, 2.45) is 0 Å². The molecule has 0 amide bonds. The molecule has 0 saturated heterocycles. The molecule has 1 aliphatic rings. The molecule has 10 heteroatoms. The van der Waals surface area contributed by atoms with E-state index in [9.17, 15) is 13.2 Å². The number of carbonyl (C=O) groups is 1. The van der Waals surface area contributed by atoms with Crippen molar-refractivity contribution in [3.05, 3.63) is 29.3 Å². The minimum absolute atomic E-state index is 0.00849. The maximum atomic E-state index is 12.5. The van der Waals surface area contributed by atoms with E-state index in [-0.39, 0.29) is 5.78 Å². The Balaban J connectivity index is 1.70. The summed E-state index contributed by atoms with van der Waals surface area (Å²) in [6, 6.07) is 5.28. The minimum atomic E-state index is -3.29. The molecule has 0 N–H and O–H groups in total. The fourth-order valence-electron chi connectivity index (χ4n) is 2.73. The van der Waals surface area contributed by atoms with Gasteiger partial charge in [0.15, 0.2) is 14.5 Å². The van der Waals surface area contributed by atoms with Gasteiger partial charge in [0.1, 0.15) is 0 Å². The first-order valence-corrected chi connectivity index (χ1v) is 12.7. The second-order valence-electron chi connectivity index (χ2n) is 5.76. The highest BCUT2D eigenvalue weighted by Gasteiger charge is 2.24. The van der Waals surface area contributed by atoms with Crippen molar-refractivity contribution in [1.29, 1.82) is 0 Å². The molecular weight excluding hydrogens is 410 g/mol. The molecule has 6 nitrogen and oxygen atoms in total. The van der Waals surface area contributed by atoms with Gasteiger partial charge in [-0.05, 0) is 42.4 Å². The predicted molar refractivity (Wildman–Crippen MR) is 108 cm³/mol. The van der Waals surface area contributed by atoms with Crippen LogP contribution < -0.4 is 4.31 Å². The van der Waals surface area contributed by atoms with E-state index in [4.69, 9.17) is 0 Å². The molecular formula is C16H19N3O3S4. The number of hydrogen-bond acceptors (Lipinski definition) is 8. The van der Waals surface area contributed by atoms with Crippen LogP contribution in [-0.2, 0) is 16.4 Å². The van der Waals surface area contributed by atoms with Crippen LogP contribution in [0.3, 0.4) is 0 Å². The molecule has 0 radical (unpaired) electrons. The van der Waals surface area contributed by atoms with E-state index in [1.807, 2.05) is 6.07 Å². The third-order valence-electron chi connectivity index (χ3n) is 3.86. The zero-order valence-corrected chi connectivity index (χ0v) is 17.7. The molecule has 0 bridgehead atoms. The first kappa shape index (κ1) is 19.7. The molecule has 1 aromatic heterocycles. The van der Waals surface area contributed by atoms with Gasteiger partial charge in [-0.1, -0.05) is 41.8 Å². The van der Waals surface area contributed by atoms with Crippen LogP contribution in [0, 0.1) is 0 Å². The van der Waals surface area contributed by atoms with Crippen molar-refractivity contribution in [3.8, 4) is 0 Å². The number of carbonyl (C=O) groups excluding carboxylic acids is 1. The normalized spacial score (nSPS) is 14.3. The highest BCUT2D eigenvalue weighted by Crippen LogP contribution is 2.31. The summed E-state index contributed by atoms with van der Waals surface area (Å²) in [5.41, 5.74) is 2.21. The van der Waals surface area contributed by atoms with E-state index in [1.54, 1.807) is 23.9 Å². The summed E-state index contributed by atoms with van der Waals surface area (Å²) in [6.45, 7) is 2.55. The Morgan fingerprint density at radius 3 is 2.69 bits per heavy atom. The van der Waals surface area contributed by atoms with E-state index < -0.39 is 10.0 Å². The van der Waals surface area contributed by atoms with E-state index in [0.29, 0.717) is 23.5 Å². The molecule has 26 heavy (non-hydrogen) atoms. The van der Waals surface area contributed by atoms with Gasteiger partial charge in [0.2, 0.25) is 10.0 Å². The Labute approximate surface area is 165 Å². The Morgan fingerprint density at radius 1 is 1.27 bits per heavy atom. The van der Waals surface area contributed by atoms with Crippen molar-refractivity contribution >= 4 is 56.4 Å². The van der Waals surface area contributed by atoms with E-state index >= 15 is 0 Å². The average molecular weight is 430 g/mol. The van der Waals surface area contributed by atoms with Gasteiger partial charge in [0.25, 0.3) is 0 Å². The molecule has 0 aliphatic carbocycles. The largest absolute Gasteiger partial charge is 0.293 e. The third kappa shape index (κ3) is 4.59. The molecule has 1 aromatic carbocycles. The van der Waals surface area contributed by atoms with Crippen LogP contribution in [0.15, 0.2) is 26.9 Å². The molecule has 0 atom stereocenters. The van der Waals surface area contributed by atoms with Crippen LogP contribution in [-0.4, -0.2) is 48.7 Å². The highest BCUT2D eigenvalue weighted by molar-refractivity contribution is 8.03. The van der Waals surface area contributed by atoms with Gasteiger partial charge in [0, 0.05) is 12.1 Å². The molecule has 2 aromatic rings. The number of hydrogen-bond donors (Lipinski definition) is 0. The van der Waals surface area contributed by atoms with Gasteiger partial charge in [-0.25, -0.2) is 8.42 Å². The summed E-state index contributed by atoms with van der Waals surface area (Å²) in [6.07, 6.45) is 2.75. The molecule has 2 heterocycles. The number of benzene rings is 1. The average Bonchev–Trinajstić information content (AvgIpc) is 3.05. The second kappa shape index (κ2) is 8.28. The summed E-state index contributed by atoms with van der Waals surface area (Å²) in [7, 11) is -3.29. The topological polar surface area (TPSA) is 80.2 Å². The lowest BCUT2D eigenvalue weighted by Crippen LogP contribution is -2.34. The molecule has 0 fully saturated rings. The maximum Gasteiger partial charge on any atom is 0.232 e. The summed E-state index contributed by atoms with van der Waals surface area (Å²) in [5.74, 6) is 1.24. The van der Waals surface area contributed by atoms with Crippen LogP contribution in [0.1, 0.15) is 29.3 Å². The number of rotatable bonds is 7. The Morgan fingerprint density at radius 2 is 2.00 bits per heavy atom. The molecule has 0 saturated carbocycles. The van der Waals surface area contributed by atoms with Crippen LogP contribution in [0.2, 0.25) is 0 Å². The van der Waals surface area contributed by atoms with Gasteiger partial charge in [0.05, 0.1) is 17.7 Å². The monoisotopic (exact) mass is 429 g/mol. The Hall–Kier alpha value is -1.10.